The average molecular weight is 222 g/mol. The fourth-order valence-electron chi connectivity index (χ4n) is 1.68. The van der Waals surface area contributed by atoms with Crippen LogP contribution in [0.1, 0.15) is 12.0 Å². The molecule has 0 bridgehead atoms. The van der Waals surface area contributed by atoms with E-state index in [9.17, 15) is 0 Å². The fraction of sp³-hybridized carbons (Fsp3) is 0.538. The first-order chi connectivity index (χ1) is 7.63. The summed E-state index contributed by atoms with van der Waals surface area (Å²) in [6.07, 6.45) is 1.88. The van der Waals surface area contributed by atoms with Crippen LogP contribution in [0.4, 0.5) is 0 Å². The maximum atomic E-state index is 6.10. The molecule has 0 saturated heterocycles. The largest absolute Gasteiger partial charge is 0.496 e. The highest BCUT2D eigenvalue weighted by atomic mass is 16.5. The van der Waals surface area contributed by atoms with Gasteiger partial charge in [0.05, 0.1) is 7.11 Å². The number of rotatable bonds is 6. The normalized spacial score (nSPS) is 12.8. The van der Waals surface area contributed by atoms with E-state index in [-0.39, 0.29) is 6.04 Å². The number of ether oxygens (including phenoxy) is 1. The lowest BCUT2D eigenvalue weighted by molar-refractivity contribution is 0.375. The second kappa shape index (κ2) is 6.51. The molecule has 0 aliphatic carbocycles. The standard InChI is InChI=1S/C13H22N2O/c1-15(2)9-8-12(14)10-11-6-4-5-7-13(11)16-3/h4-7,12H,8-10,14H2,1-3H3. The Morgan fingerprint density at radius 3 is 2.62 bits per heavy atom. The molecule has 3 nitrogen and oxygen atoms in total. The molecule has 2 N–H and O–H groups in total. The van der Waals surface area contributed by atoms with Crippen LogP contribution >= 0.6 is 0 Å². The van der Waals surface area contributed by atoms with Gasteiger partial charge in [0.25, 0.3) is 0 Å². The summed E-state index contributed by atoms with van der Waals surface area (Å²) in [4.78, 5) is 2.15. The van der Waals surface area contributed by atoms with Crippen molar-refractivity contribution >= 4 is 0 Å². The number of methoxy groups -OCH3 is 1. The molecule has 0 aliphatic heterocycles. The maximum Gasteiger partial charge on any atom is 0.122 e. The first-order valence-electron chi connectivity index (χ1n) is 5.65. The zero-order chi connectivity index (χ0) is 12.0. The molecule has 0 amide bonds. The van der Waals surface area contributed by atoms with Crippen molar-refractivity contribution in [2.75, 3.05) is 27.7 Å². The molecule has 1 atom stereocenters. The highest BCUT2D eigenvalue weighted by Gasteiger charge is 2.08. The van der Waals surface area contributed by atoms with Crippen LogP contribution in [0, 0.1) is 0 Å². The topological polar surface area (TPSA) is 38.5 Å². The quantitative estimate of drug-likeness (QED) is 0.793. The third-order valence-corrected chi connectivity index (χ3v) is 2.62. The Balaban J connectivity index is 2.51. The second-order valence-corrected chi connectivity index (χ2v) is 4.37. The van der Waals surface area contributed by atoms with Crippen LogP contribution in [0.3, 0.4) is 0 Å². The average Bonchev–Trinajstić information content (AvgIpc) is 2.27. The van der Waals surface area contributed by atoms with E-state index in [2.05, 4.69) is 25.1 Å². The van der Waals surface area contributed by atoms with E-state index < -0.39 is 0 Å². The predicted octanol–water partition coefficient (Wildman–Crippen LogP) is 1.52. The Bertz CT molecular complexity index is 313. The molecule has 1 aromatic carbocycles. The first kappa shape index (κ1) is 13.0. The van der Waals surface area contributed by atoms with Crippen LogP contribution in [0.5, 0.6) is 5.75 Å². The van der Waals surface area contributed by atoms with Gasteiger partial charge >= 0.3 is 0 Å². The number of benzene rings is 1. The number of hydrogen-bond donors (Lipinski definition) is 1. The molecular formula is C13H22N2O. The summed E-state index contributed by atoms with van der Waals surface area (Å²) in [5, 5.41) is 0. The van der Waals surface area contributed by atoms with Crippen molar-refractivity contribution in [2.45, 2.75) is 18.9 Å². The number of nitrogens with two attached hydrogens (primary N) is 1. The van der Waals surface area contributed by atoms with Crippen molar-refractivity contribution in [3.05, 3.63) is 29.8 Å². The number of hydrogen-bond acceptors (Lipinski definition) is 3. The van der Waals surface area contributed by atoms with Crippen molar-refractivity contribution in [3.63, 3.8) is 0 Å². The first-order valence-corrected chi connectivity index (χ1v) is 5.65. The monoisotopic (exact) mass is 222 g/mol. The minimum Gasteiger partial charge on any atom is -0.496 e. The maximum absolute atomic E-state index is 6.10. The zero-order valence-corrected chi connectivity index (χ0v) is 10.4. The Morgan fingerprint density at radius 2 is 2.00 bits per heavy atom. The highest BCUT2D eigenvalue weighted by molar-refractivity contribution is 5.33. The van der Waals surface area contributed by atoms with Crippen molar-refractivity contribution in [1.82, 2.24) is 4.90 Å². The molecule has 0 fully saturated rings. The smallest absolute Gasteiger partial charge is 0.122 e. The summed E-state index contributed by atoms with van der Waals surface area (Å²) >= 11 is 0. The van der Waals surface area contributed by atoms with Crippen molar-refractivity contribution in [3.8, 4) is 5.75 Å². The third kappa shape index (κ3) is 4.21. The van der Waals surface area contributed by atoms with E-state index in [1.165, 1.54) is 5.56 Å². The van der Waals surface area contributed by atoms with Gasteiger partial charge in [-0.25, -0.2) is 0 Å². The van der Waals surface area contributed by atoms with Gasteiger partial charge in [0.15, 0.2) is 0 Å². The SMILES string of the molecule is COc1ccccc1CC(N)CCN(C)C. The Morgan fingerprint density at radius 1 is 1.31 bits per heavy atom. The molecule has 0 aromatic heterocycles. The molecule has 1 aromatic rings. The molecule has 0 saturated carbocycles. The van der Waals surface area contributed by atoms with Gasteiger partial charge in [0.2, 0.25) is 0 Å². The predicted molar refractivity (Wildman–Crippen MR) is 67.8 cm³/mol. The molecule has 90 valence electrons. The van der Waals surface area contributed by atoms with Gasteiger partial charge in [0.1, 0.15) is 5.75 Å². The Hall–Kier alpha value is -1.06. The van der Waals surface area contributed by atoms with E-state index in [0.29, 0.717) is 0 Å². The van der Waals surface area contributed by atoms with Gasteiger partial charge in [-0.3, -0.25) is 0 Å². The summed E-state index contributed by atoms with van der Waals surface area (Å²) in [6.45, 7) is 1.02. The lowest BCUT2D eigenvalue weighted by Crippen LogP contribution is -2.28. The van der Waals surface area contributed by atoms with Gasteiger partial charge in [-0.1, -0.05) is 18.2 Å². The Kier molecular flexibility index (Phi) is 5.29. The number of nitrogens with zero attached hydrogens (tertiary/aromatic N) is 1. The van der Waals surface area contributed by atoms with Gasteiger partial charge in [-0.2, -0.15) is 0 Å². The van der Waals surface area contributed by atoms with E-state index in [1.807, 2.05) is 18.2 Å². The molecular weight excluding hydrogens is 200 g/mol. The molecule has 0 aliphatic rings. The van der Waals surface area contributed by atoms with Crippen LogP contribution in [0.2, 0.25) is 0 Å². The van der Waals surface area contributed by atoms with Crippen LogP contribution in [0.25, 0.3) is 0 Å². The molecule has 1 rings (SSSR count). The van der Waals surface area contributed by atoms with Gasteiger partial charge in [0, 0.05) is 6.04 Å². The lowest BCUT2D eigenvalue weighted by Gasteiger charge is -2.16. The number of para-hydroxylation sites is 1. The van der Waals surface area contributed by atoms with E-state index in [4.69, 9.17) is 10.5 Å². The molecule has 0 heterocycles. The third-order valence-electron chi connectivity index (χ3n) is 2.62. The summed E-state index contributed by atoms with van der Waals surface area (Å²) in [6, 6.07) is 8.26. The second-order valence-electron chi connectivity index (χ2n) is 4.37. The summed E-state index contributed by atoms with van der Waals surface area (Å²) < 4.78 is 5.31. The minimum absolute atomic E-state index is 0.193. The van der Waals surface area contributed by atoms with E-state index >= 15 is 0 Å². The van der Waals surface area contributed by atoms with Crippen LogP contribution in [-0.4, -0.2) is 38.7 Å². The summed E-state index contributed by atoms with van der Waals surface area (Å²) in [7, 11) is 5.83. The fourth-order valence-corrected chi connectivity index (χ4v) is 1.68. The zero-order valence-electron chi connectivity index (χ0n) is 10.4. The lowest BCUT2D eigenvalue weighted by atomic mass is 10.0. The van der Waals surface area contributed by atoms with E-state index in [0.717, 1.165) is 25.1 Å². The molecule has 3 heteroatoms. The summed E-state index contributed by atoms with van der Waals surface area (Å²) in [5.74, 6) is 0.933. The van der Waals surface area contributed by atoms with Crippen molar-refractivity contribution < 1.29 is 4.74 Å². The highest BCUT2D eigenvalue weighted by Crippen LogP contribution is 2.19. The summed E-state index contributed by atoms with van der Waals surface area (Å²) in [5.41, 5.74) is 7.29. The van der Waals surface area contributed by atoms with Gasteiger partial charge in [-0.15, -0.1) is 0 Å². The van der Waals surface area contributed by atoms with Crippen LogP contribution < -0.4 is 10.5 Å². The molecule has 0 radical (unpaired) electrons. The van der Waals surface area contributed by atoms with Crippen LogP contribution in [-0.2, 0) is 6.42 Å². The molecule has 0 spiro atoms. The van der Waals surface area contributed by atoms with E-state index in [1.54, 1.807) is 7.11 Å². The van der Waals surface area contributed by atoms with Gasteiger partial charge < -0.3 is 15.4 Å². The minimum atomic E-state index is 0.193. The Labute approximate surface area is 98.2 Å². The van der Waals surface area contributed by atoms with Crippen molar-refractivity contribution in [1.29, 1.82) is 0 Å². The van der Waals surface area contributed by atoms with Crippen molar-refractivity contribution in [2.24, 2.45) is 5.73 Å². The molecule has 16 heavy (non-hydrogen) atoms. The molecule has 1 unspecified atom stereocenters. The van der Waals surface area contributed by atoms with Crippen LogP contribution in [0.15, 0.2) is 24.3 Å². The van der Waals surface area contributed by atoms with Gasteiger partial charge in [-0.05, 0) is 45.1 Å².